The fraction of sp³-hybridized carbons (Fsp3) is 0.579. The van der Waals surface area contributed by atoms with Crippen molar-refractivity contribution in [1.82, 2.24) is 9.80 Å². The summed E-state index contributed by atoms with van der Waals surface area (Å²) >= 11 is 0. The normalized spacial score (nSPS) is 21.9. The molecule has 0 bridgehead atoms. The molecule has 4 rings (SSSR count). The van der Waals surface area contributed by atoms with Crippen LogP contribution in [0.3, 0.4) is 0 Å². The third kappa shape index (κ3) is 3.07. The Bertz CT molecular complexity index is 746. The van der Waals surface area contributed by atoms with Crippen LogP contribution in [0.2, 0.25) is 0 Å². The number of carbonyl (C=O) groups is 2. The van der Waals surface area contributed by atoms with Gasteiger partial charge in [0.1, 0.15) is 24.0 Å². The third-order valence-corrected chi connectivity index (χ3v) is 5.66. The third-order valence-electron chi connectivity index (χ3n) is 5.66. The Labute approximate surface area is 157 Å². The molecule has 8 heteroatoms. The van der Waals surface area contributed by atoms with Crippen LogP contribution in [0.5, 0.6) is 17.2 Å². The highest BCUT2D eigenvalue weighted by molar-refractivity contribution is 6.07. The van der Waals surface area contributed by atoms with Crippen molar-refractivity contribution >= 4 is 11.9 Å². The number of nitrogens with zero attached hydrogens (tertiary/aromatic N) is 2. The number of fused-ring (bicyclic) bond motifs is 1. The Hall–Kier alpha value is -2.48. The Balaban J connectivity index is 1.37. The van der Waals surface area contributed by atoms with Gasteiger partial charge in [-0.3, -0.25) is 9.69 Å². The molecule has 1 spiro atoms. The van der Waals surface area contributed by atoms with Crippen molar-refractivity contribution in [2.45, 2.75) is 43.7 Å². The molecule has 1 N–H and O–H groups in total. The summed E-state index contributed by atoms with van der Waals surface area (Å²) in [5.41, 5.74) is -0.729. The predicted molar refractivity (Wildman–Crippen MR) is 94.8 cm³/mol. The molecule has 2 heterocycles. The minimum atomic E-state index is -0.976. The van der Waals surface area contributed by atoms with Crippen molar-refractivity contribution in [3.8, 4) is 17.2 Å². The number of aliphatic hydroxyl groups excluding tert-OH is 1. The number of hydrogen-bond donors (Lipinski definition) is 1. The first-order chi connectivity index (χ1) is 13.0. The molecule has 1 aromatic rings. The van der Waals surface area contributed by atoms with Crippen molar-refractivity contribution in [3.63, 3.8) is 0 Å². The van der Waals surface area contributed by atoms with E-state index in [9.17, 15) is 14.7 Å². The van der Waals surface area contributed by atoms with Crippen LogP contribution in [-0.2, 0) is 4.79 Å². The quantitative estimate of drug-likeness (QED) is 0.788. The zero-order valence-corrected chi connectivity index (χ0v) is 15.3. The first-order valence-corrected chi connectivity index (χ1v) is 9.31. The number of urea groups is 1. The maximum Gasteiger partial charge on any atom is 0.327 e. The molecule has 0 aromatic heterocycles. The van der Waals surface area contributed by atoms with Gasteiger partial charge >= 0.3 is 6.03 Å². The van der Waals surface area contributed by atoms with E-state index in [1.807, 2.05) is 0 Å². The summed E-state index contributed by atoms with van der Waals surface area (Å²) in [5.74, 6) is 1.57. The van der Waals surface area contributed by atoms with Gasteiger partial charge in [0.15, 0.2) is 11.5 Å². The second kappa shape index (κ2) is 6.92. The van der Waals surface area contributed by atoms with Crippen molar-refractivity contribution < 1.29 is 28.9 Å². The van der Waals surface area contributed by atoms with E-state index in [4.69, 9.17) is 14.2 Å². The number of β-amino-alcohol motifs (C(OH)–C–C–N with tert-alkyl or cyclic N) is 1. The van der Waals surface area contributed by atoms with Crippen LogP contribution in [-0.4, -0.2) is 65.5 Å². The number of aliphatic hydroxyl groups is 1. The van der Waals surface area contributed by atoms with Crippen LogP contribution in [0.4, 0.5) is 4.79 Å². The van der Waals surface area contributed by atoms with E-state index >= 15 is 0 Å². The molecule has 0 radical (unpaired) electrons. The van der Waals surface area contributed by atoms with Gasteiger partial charge in [0, 0.05) is 13.1 Å². The molecule has 1 saturated heterocycles. The summed E-state index contributed by atoms with van der Waals surface area (Å²) in [5, 5.41) is 10.3. The maximum absolute atomic E-state index is 12.9. The number of rotatable bonds is 5. The topological polar surface area (TPSA) is 88.5 Å². The van der Waals surface area contributed by atoms with Crippen molar-refractivity contribution in [1.29, 1.82) is 0 Å². The molecule has 1 aliphatic carbocycles. The van der Waals surface area contributed by atoms with Gasteiger partial charge in [-0.05, 0) is 25.0 Å². The number of ether oxygens (including phenoxy) is 3. The molecule has 1 aromatic carbocycles. The lowest BCUT2D eigenvalue weighted by atomic mass is 9.81. The largest absolute Gasteiger partial charge is 0.491 e. The summed E-state index contributed by atoms with van der Waals surface area (Å²) < 4.78 is 16.1. The molecular weight excluding hydrogens is 352 g/mol. The molecule has 27 heavy (non-hydrogen) atoms. The van der Waals surface area contributed by atoms with Gasteiger partial charge in [-0.1, -0.05) is 19.3 Å². The molecule has 1 atom stereocenters. The van der Waals surface area contributed by atoms with Gasteiger partial charge in [0.2, 0.25) is 6.79 Å². The van der Waals surface area contributed by atoms with Gasteiger partial charge in [-0.2, -0.15) is 0 Å². The highest BCUT2D eigenvalue weighted by Gasteiger charge is 2.55. The van der Waals surface area contributed by atoms with Crippen LogP contribution in [0.1, 0.15) is 32.1 Å². The molecule has 3 aliphatic rings. The molecule has 1 saturated carbocycles. The lowest BCUT2D eigenvalue weighted by molar-refractivity contribution is -0.135. The lowest BCUT2D eigenvalue weighted by Gasteiger charge is -2.35. The van der Waals surface area contributed by atoms with E-state index in [0.717, 1.165) is 19.3 Å². The molecule has 146 valence electrons. The zero-order chi connectivity index (χ0) is 19.0. The second-order valence-electron chi connectivity index (χ2n) is 7.33. The Kier molecular flexibility index (Phi) is 4.59. The van der Waals surface area contributed by atoms with E-state index in [1.165, 1.54) is 4.90 Å². The monoisotopic (exact) mass is 376 g/mol. The Morgan fingerprint density at radius 1 is 1.19 bits per heavy atom. The molecule has 0 unspecified atom stereocenters. The molecule has 8 nitrogen and oxygen atoms in total. The minimum Gasteiger partial charge on any atom is -0.491 e. The molecule has 2 fully saturated rings. The van der Waals surface area contributed by atoms with Gasteiger partial charge < -0.3 is 24.2 Å². The van der Waals surface area contributed by atoms with Crippen LogP contribution >= 0.6 is 0 Å². The number of likely N-dealkylation sites (N-methyl/N-ethyl adjacent to an activating group) is 1. The smallest absolute Gasteiger partial charge is 0.327 e. The predicted octanol–water partition coefficient (Wildman–Crippen LogP) is 1.75. The minimum absolute atomic E-state index is 0.0343. The van der Waals surface area contributed by atoms with Crippen molar-refractivity contribution in [3.05, 3.63) is 18.2 Å². The summed E-state index contributed by atoms with van der Waals surface area (Å²) in [6.45, 7) is 0.0671. The highest BCUT2D eigenvalue weighted by Crippen LogP contribution is 2.39. The molecular formula is C19H24N2O6. The summed E-state index contributed by atoms with van der Waals surface area (Å²) in [7, 11) is 1.68. The zero-order valence-electron chi connectivity index (χ0n) is 15.3. The fourth-order valence-corrected chi connectivity index (χ4v) is 4.12. The van der Waals surface area contributed by atoms with E-state index in [2.05, 4.69) is 0 Å². The highest BCUT2D eigenvalue weighted by atomic mass is 16.7. The van der Waals surface area contributed by atoms with E-state index < -0.39 is 11.6 Å². The van der Waals surface area contributed by atoms with Gasteiger partial charge in [-0.15, -0.1) is 0 Å². The van der Waals surface area contributed by atoms with Gasteiger partial charge in [0.25, 0.3) is 5.91 Å². The number of benzene rings is 1. The van der Waals surface area contributed by atoms with Crippen LogP contribution in [0.25, 0.3) is 0 Å². The number of hydrogen-bond acceptors (Lipinski definition) is 6. The number of imide groups is 1. The Morgan fingerprint density at radius 2 is 1.93 bits per heavy atom. The first-order valence-electron chi connectivity index (χ1n) is 9.31. The average Bonchev–Trinajstić information content (AvgIpc) is 3.22. The van der Waals surface area contributed by atoms with Crippen molar-refractivity contribution in [2.24, 2.45) is 0 Å². The van der Waals surface area contributed by atoms with Crippen LogP contribution in [0.15, 0.2) is 18.2 Å². The lowest BCUT2D eigenvalue weighted by Crippen LogP contribution is -2.49. The molecule has 3 amide bonds. The first kappa shape index (κ1) is 17.9. The summed E-state index contributed by atoms with van der Waals surface area (Å²) in [4.78, 5) is 28.2. The van der Waals surface area contributed by atoms with E-state index in [-0.39, 0.29) is 31.9 Å². The summed E-state index contributed by atoms with van der Waals surface area (Å²) in [6, 6.07) is 4.80. The van der Waals surface area contributed by atoms with E-state index in [0.29, 0.717) is 30.1 Å². The van der Waals surface area contributed by atoms with Crippen molar-refractivity contribution in [2.75, 3.05) is 27.0 Å². The maximum atomic E-state index is 12.9. The van der Waals surface area contributed by atoms with E-state index in [1.54, 1.807) is 30.1 Å². The van der Waals surface area contributed by atoms with Crippen LogP contribution < -0.4 is 14.2 Å². The number of amides is 3. The van der Waals surface area contributed by atoms with Gasteiger partial charge in [0.05, 0.1) is 6.54 Å². The second-order valence-corrected chi connectivity index (χ2v) is 7.33. The van der Waals surface area contributed by atoms with Gasteiger partial charge in [-0.25, -0.2) is 4.79 Å². The number of carbonyl (C=O) groups excluding carboxylic acids is 2. The average molecular weight is 376 g/mol. The Morgan fingerprint density at radius 3 is 2.70 bits per heavy atom. The molecule has 2 aliphatic heterocycles. The van der Waals surface area contributed by atoms with Crippen LogP contribution in [0, 0.1) is 0 Å². The fourth-order valence-electron chi connectivity index (χ4n) is 4.12. The SMILES string of the molecule is CN1C(=O)N(C[C@H](O)COc2ccc3c(c2)OCO3)C(=O)C12CCCCC2. The summed E-state index contributed by atoms with van der Waals surface area (Å²) in [6.07, 6.45) is 3.36. The standard InChI is InChI=1S/C19H24N2O6/c1-20-18(24)21(17(23)19(20)7-3-2-4-8-19)10-13(22)11-25-14-5-6-15-16(9-14)27-12-26-15/h5-6,9,13,22H,2-4,7-8,10-12H2,1H3/t13-/m0/s1.